The first-order valence-electron chi connectivity index (χ1n) is 4.15. The molecule has 1 aromatic rings. The number of carbonyl (C=O) groups is 1. The Morgan fingerprint density at radius 1 is 1.54 bits per heavy atom. The van der Waals surface area contributed by atoms with E-state index >= 15 is 0 Å². The van der Waals surface area contributed by atoms with E-state index in [9.17, 15) is 4.79 Å². The lowest BCUT2D eigenvalue weighted by Gasteiger charge is -2.00. The minimum Gasteiger partial charge on any atom is -0.478 e. The van der Waals surface area contributed by atoms with Gasteiger partial charge in [0.05, 0.1) is 5.56 Å². The molecule has 2 N–H and O–H groups in total. The summed E-state index contributed by atoms with van der Waals surface area (Å²) in [6, 6.07) is 0. The van der Waals surface area contributed by atoms with Crippen LogP contribution in [0.4, 0.5) is 5.00 Å². The average molecular weight is 199 g/mol. The van der Waals surface area contributed by atoms with Crippen molar-refractivity contribution >= 4 is 22.3 Å². The molecule has 0 aliphatic rings. The zero-order valence-corrected chi connectivity index (χ0v) is 8.79. The van der Waals surface area contributed by atoms with Crippen molar-refractivity contribution in [2.24, 2.45) is 0 Å². The van der Waals surface area contributed by atoms with Crippen molar-refractivity contribution in [3.8, 4) is 0 Å². The minimum atomic E-state index is -0.849. The number of aryl methyl sites for hydroxylation is 1. The van der Waals surface area contributed by atoms with Crippen LogP contribution in [0.25, 0.3) is 0 Å². The van der Waals surface area contributed by atoms with Gasteiger partial charge < -0.3 is 10.4 Å². The van der Waals surface area contributed by atoms with Crippen LogP contribution in [0.3, 0.4) is 0 Å². The third-order valence-corrected chi connectivity index (χ3v) is 3.10. The topological polar surface area (TPSA) is 49.3 Å². The molecule has 0 aliphatic carbocycles. The van der Waals surface area contributed by atoms with E-state index in [-0.39, 0.29) is 0 Å². The Morgan fingerprint density at radius 3 is 2.62 bits per heavy atom. The number of carboxylic acid groups (broad SMARTS) is 1. The zero-order valence-electron chi connectivity index (χ0n) is 7.97. The molecule has 72 valence electrons. The summed E-state index contributed by atoms with van der Waals surface area (Å²) in [5.74, 6) is -0.849. The molecule has 13 heavy (non-hydrogen) atoms. The second-order valence-corrected chi connectivity index (χ2v) is 4.05. The number of carboxylic acids is 1. The van der Waals surface area contributed by atoms with E-state index in [2.05, 4.69) is 5.32 Å². The van der Waals surface area contributed by atoms with Crippen LogP contribution in [0.1, 0.15) is 27.7 Å². The molecular formula is C9H13NO2S. The highest BCUT2D eigenvalue weighted by molar-refractivity contribution is 7.16. The Labute approximate surface area is 81.4 Å². The van der Waals surface area contributed by atoms with Gasteiger partial charge in [-0.15, -0.1) is 11.3 Å². The van der Waals surface area contributed by atoms with Crippen LogP contribution in [0, 0.1) is 13.8 Å². The largest absolute Gasteiger partial charge is 0.478 e. The molecule has 0 amide bonds. The van der Waals surface area contributed by atoms with Gasteiger partial charge in [0.1, 0.15) is 5.00 Å². The first-order chi connectivity index (χ1) is 6.07. The second kappa shape index (κ2) is 3.79. The number of hydrogen-bond acceptors (Lipinski definition) is 3. The molecular weight excluding hydrogens is 186 g/mol. The van der Waals surface area contributed by atoms with Gasteiger partial charge in [0, 0.05) is 11.4 Å². The van der Waals surface area contributed by atoms with Crippen molar-refractivity contribution < 1.29 is 9.90 Å². The highest BCUT2D eigenvalue weighted by atomic mass is 32.1. The van der Waals surface area contributed by atoms with E-state index in [1.807, 2.05) is 20.8 Å². The number of anilines is 1. The molecule has 0 bridgehead atoms. The fourth-order valence-corrected chi connectivity index (χ4v) is 2.29. The molecule has 0 atom stereocenters. The number of hydrogen-bond donors (Lipinski definition) is 2. The maximum absolute atomic E-state index is 10.9. The molecule has 4 heteroatoms. The maximum Gasteiger partial charge on any atom is 0.338 e. The van der Waals surface area contributed by atoms with Crippen LogP contribution in [0.15, 0.2) is 0 Å². The fourth-order valence-electron chi connectivity index (χ4n) is 1.17. The second-order valence-electron chi connectivity index (χ2n) is 2.82. The van der Waals surface area contributed by atoms with Gasteiger partial charge in [-0.05, 0) is 26.3 Å². The first-order valence-corrected chi connectivity index (χ1v) is 4.96. The Kier molecular flexibility index (Phi) is 2.93. The fraction of sp³-hybridized carbons (Fsp3) is 0.444. The van der Waals surface area contributed by atoms with Crippen LogP contribution in [0.5, 0.6) is 0 Å². The summed E-state index contributed by atoms with van der Waals surface area (Å²) < 4.78 is 0. The average Bonchev–Trinajstić information content (AvgIpc) is 2.28. The summed E-state index contributed by atoms with van der Waals surface area (Å²) in [4.78, 5) is 12.0. The predicted octanol–water partition coefficient (Wildman–Crippen LogP) is 2.49. The molecule has 0 saturated carbocycles. The SMILES string of the molecule is CCNc1sc(C)c(C)c1C(=O)O. The normalized spacial score (nSPS) is 10.1. The molecule has 0 aliphatic heterocycles. The summed E-state index contributed by atoms with van der Waals surface area (Å²) >= 11 is 1.50. The van der Waals surface area contributed by atoms with E-state index in [1.54, 1.807) is 0 Å². The van der Waals surface area contributed by atoms with Crippen LogP contribution >= 0.6 is 11.3 Å². The van der Waals surface area contributed by atoms with E-state index in [4.69, 9.17) is 5.11 Å². The number of rotatable bonds is 3. The molecule has 1 heterocycles. The van der Waals surface area contributed by atoms with Crippen molar-refractivity contribution in [1.82, 2.24) is 0 Å². The van der Waals surface area contributed by atoms with Gasteiger partial charge in [0.2, 0.25) is 0 Å². The molecule has 0 spiro atoms. The lowest BCUT2D eigenvalue weighted by molar-refractivity contribution is 0.0697. The van der Waals surface area contributed by atoms with E-state index in [0.29, 0.717) is 5.56 Å². The monoisotopic (exact) mass is 199 g/mol. The minimum absolute atomic E-state index is 0.421. The first kappa shape index (κ1) is 10.1. The third-order valence-electron chi connectivity index (χ3n) is 1.94. The quantitative estimate of drug-likeness (QED) is 0.786. The van der Waals surface area contributed by atoms with Crippen molar-refractivity contribution in [1.29, 1.82) is 0 Å². The van der Waals surface area contributed by atoms with E-state index < -0.39 is 5.97 Å². The van der Waals surface area contributed by atoms with Gasteiger partial charge in [-0.2, -0.15) is 0 Å². The van der Waals surface area contributed by atoms with Gasteiger partial charge in [0.25, 0.3) is 0 Å². The summed E-state index contributed by atoms with van der Waals surface area (Å²) in [5.41, 5.74) is 1.29. The Bertz CT molecular complexity index is 331. The van der Waals surface area contributed by atoms with Crippen LogP contribution < -0.4 is 5.32 Å². The highest BCUT2D eigenvalue weighted by Crippen LogP contribution is 2.31. The molecule has 0 fully saturated rings. The Balaban J connectivity index is 3.18. The number of thiophene rings is 1. The zero-order chi connectivity index (χ0) is 10.0. The summed E-state index contributed by atoms with van der Waals surface area (Å²) in [6.07, 6.45) is 0. The summed E-state index contributed by atoms with van der Waals surface area (Å²) in [7, 11) is 0. The smallest absolute Gasteiger partial charge is 0.338 e. The number of nitrogens with one attached hydrogen (secondary N) is 1. The van der Waals surface area contributed by atoms with Crippen LogP contribution in [-0.4, -0.2) is 17.6 Å². The van der Waals surface area contributed by atoms with Gasteiger partial charge >= 0.3 is 5.97 Å². The Hall–Kier alpha value is -1.03. The van der Waals surface area contributed by atoms with E-state index in [1.165, 1.54) is 11.3 Å². The van der Waals surface area contributed by atoms with Crippen LogP contribution in [0.2, 0.25) is 0 Å². The van der Waals surface area contributed by atoms with Crippen LogP contribution in [-0.2, 0) is 0 Å². The maximum atomic E-state index is 10.9. The molecule has 0 radical (unpaired) electrons. The van der Waals surface area contributed by atoms with Gasteiger partial charge in [-0.25, -0.2) is 4.79 Å². The van der Waals surface area contributed by atoms with E-state index in [0.717, 1.165) is 22.0 Å². The van der Waals surface area contributed by atoms with Gasteiger partial charge in [-0.3, -0.25) is 0 Å². The summed E-state index contributed by atoms with van der Waals surface area (Å²) in [6.45, 7) is 6.49. The van der Waals surface area contributed by atoms with Crippen molar-refractivity contribution in [2.45, 2.75) is 20.8 Å². The van der Waals surface area contributed by atoms with Crippen molar-refractivity contribution in [2.75, 3.05) is 11.9 Å². The molecule has 0 unspecified atom stereocenters. The van der Waals surface area contributed by atoms with Gasteiger partial charge in [0.15, 0.2) is 0 Å². The molecule has 0 aromatic carbocycles. The molecule has 1 rings (SSSR count). The predicted molar refractivity (Wildman–Crippen MR) is 54.9 cm³/mol. The van der Waals surface area contributed by atoms with Crippen molar-refractivity contribution in [3.63, 3.8) is 0 Å². The molecule has 3 nitrogen and oxygen atoms in total. The van der Waals surface area contributed by atoms with Gasteiger partial charge in [-0.1, -0.05) is 0 Å². The van der Waals surface area contributed by atoms with Crippen molar-refractivity contribution in [3.05, 3.63) is 16.0 Å². The summed E-state index contributed by atoms with van der Waals surface area (Å²) in [5, 5.41) is 12.8. The molecule has 1 aromatic heterocycles. The number of aromatic carboxylic acids is 1. The Morgan fingerprint density at radius 2 is 2.15 bits per heavy atom. The highest BCUT2D eigenvalue weighted by Gasteiger charge is 2.17. The lowest BCUT2D eigenvalue weighted by Crippen LogP contribution is -2.03. The lowest BCUT2D eigenvalue weighted by atomic mass is 10.1. The third kappa shape index (κ3) is 1.83. The standard InChI is InChI=1S/C9H13NO2S/c1-4-10-8-7(9(11)12)5(2)6(3)13-8/h10H,4H2,1-3H3,(H,11,12). The molecule has 0 saturated heterocycles.